The molecule has 8 heteroatoms. The molecule has 1 aromatic heterocycles. The summed E-state index contributed by atoms with van der Waals surface area (Å²) in [5, 5.41) is 12.0. The molecule has 0 radical (unpaired) electrons. The third-order valence-corrected chi connectivity index (χ3v) is 6.16. The Morgan fingerprint density at radius 1 is 1.07 bits per heavy atom. The molecule has 1 heterocycles. The summed E-state index contributed by atoms with van der Waals surface area (Å²) in [5.41, 5.74) is 0.440. The molecule has 0 amide bonds. The van der Waals surface area contributed by atoms with Crippen molar-refractivity contribution in [2.24, 2.45) is 7.05 Å². The predicted molar refractivity (Wildman–Crippen MR) is 121 cm³/mol. The summed E-state index contributed by atoms with van der Waals surface area (Å²) >= 11 is 13.3. The fraction of sp³-hybridized carbons (Fsp3) is 0.136. The van der Waals surface area contributed by atoms with Crippen molar-refractivity contribution in [3.8, 4) is 5.75 Å². The molecular formula is C22H17Cl2N3O2S. The lowest BCUT2D eigenvalue weighted by atomic mass is 10.1. The predicted octanol–water partition coefficient (Wildman–Crippen LogP) is 5.83. The van der Waals surface area contributed by atoms with Crippen LogP contribution >= 0.6 is 35.0 Å². The number of Topliss-reactive ketones (excluding diaryl/α,β-unsaturated/α-hetero) is 1. The minimum Gasteiger partial charge on any atom is -0.485 e. The lowest BCUT2D eigenvalue weighted by molar-refractivity contribution is 0.102. The Hall–Kier alpha value is -2.54. The minimum atomic E-state index is -0.0989. The van der Waals surface area contributed by atoms with Crippen LogP contribution in [0.2, 0.25) is 10.0 Å². The van der Waals surface area contributed by atoms with Gasteiger partial charge in [-0.1, -0.05) is 71.4 Å². The number of rotatable bonds is 7. The number of thioether (sulfide) groups is 1. The van der Waals surface area contributed by atoms with E-state index in [9.17, 15) is 4.79 Å². The maximum atomic E-state index is 12.5. The van der Waals surface area contributed by atoms with Gasteiger partial charge in [0, 0.05) is 23.0 Å². The van der Waals surface area contributed by atoms with Crippen LogP contribution in [0.15, 0.2) is 65.8 Å². The third-order valence-electron chi connectivity index (χ3n) is 4.60. The first-order valence-corrected chi connectivity index (χ1v) is 10.9. The molecule has 0 fully saturated rings. The maximum Gasteiger partial charge on any atom is 0.191 e. The molecule has 0 unspecified atom stereocenters. The van der Waals surface area contributed by atoms with E-state index in [0.29, 0.717) is 26.6 Å². The molecule has 30 heavy (non-hydrogen) atoms. The van der Waals surface area contributed by atoms with Gasteiger partial charge in [-0.2, -0.15) is 0 Å². The zero-order chi connectivity index (χ0) is 21.1. The van der Waals surface area contributed by atoms with Crippen LogP contribution in [0.25, 0.3) is 10.8 Å². The number of nitrogens with zero attached hydrogens (tertiary/aromatic N) is 3. The summed E-state index contributed by atoms with van der Waals surface area (Å²) in [6, 6.07) is 18.8. The second-order valence-electron chi connectivity index (χ2n) is 6.56. The van der Waals surface area contributed by atoms with Gasteiger partial charge in [0.25, 0.3) is 0 Å². The fourth-order valence-electron chi connectivity index (χ4n) is 2.98. The van der Waals surface area contributed by atoms with Crippen LogP contribution in [0, 0.1) is 0 Å². The first-order valence-electron chi connectivity index (χ1n) is 9.13. The summed E-state index contributed by atoms with van der Waals surface area (Å²) < 4.78 is 7.82. The van der Waals surface area contributed by atoms with Gasteiger partial charge in [0.1, 0.15) is 12.4 Å². The van der Waals surface area contributed by atoms with E-state index in [4.69, 9.17) is 27.9 Å². The first-order chi connectivity index (χ1) is 14.5. The van der Waals surface area contributed by atoms with Crippen molar-refractivity contribution < 1.29 is 9.53 Å². The molecule has 152 valence electrons. The summed E-state index contributed by atoms with van der Waals surface area (Å²) in [6.45, 7) is 0.273. The van der Waals surface area contributed by atoms with E-state index in [2.05, 4.69) is 10.2 Å². The Morgan fingerprint density at radius 3 is 2.70 bits per heavy atom. The Bertz CT molecular complexity index is 1220. The molecule has 4 aromatic rings. The number of carbonyl (C=O) groups is 1. The van der Waals surface area contributed by atoms with Crippen LogP contribution < -0.4 is 4.74 Å². The zero-order valence-corrected chi connectivity index (χ0v) is 18.3. The number of ether oxygens (including phenoxy) is 1. The second kappa shape index (κ2) is 9.08. The molecule has 0 N–H and O–H groups in total. The first kappa shape index (κ1) is 20.7. The summed E-state index contributed by atoms with van der Waals surface area (Å²) in [5.74, 6) is 1.55. The quantitative estimate of drug-likeness (QED) is 0.258. The number of carbonyl (C=O) groups excluding carboxylic acids is 1. The topological polar surface area (TPSA) is 57.0 Å². The van der Waals surface area contributed by atoms with E-state index >= 15 is 0 Å². The second-order valence-corrected chi connectivity index (χ2v) is 8.35. The lowest BCUT2D eigenvalue weighted by Crippen LogP contribution is -2.06. The van der Waals surface area contributed by atoms with Gasteiger partial charge in [-0.25, -0.2) is 0 Å². The standard InChI is InChI=1S/C22H17Cl2N3O2S/c1-27-21(12-29-20-8-4-6-14-5-2-3-7-16(14)20)25-26-22(27)30-13-19(28)17-10-9-15(23)11-18(17)24/h2-11H,12-13H2,1H3. The van der Waals surface area contributed by atoms with E-state index in [1.165, 1.54) is 11.8 Å². The smallest absolute Gasteiger partial charge is 0.191 e. The van der Waals surface area contributed by atoms with Gasteiger partial charge in [0.15, 0.2) is 16.8 Å². The Balaban J connectivity index is 1.42. The molecule has 0 saturated carbocycles. The highest BCUT2D eigenvalue weighted by Crippen LogP contribution is 2.27. The van der Waals surface area contributed by atoms with Crippen molar-refractivity contribution in [2.75, 3.05) is 5.75 Å². The largest absolute Gasteiger partial charge is 0.485 e. The van der Waals surface area contributed by atoms with Crippen molar-refractivity contribution in [1.82, 2.24) is 14.8 Å². The molecule has 5 nitrogen and oxygen atoms in total. The highest BCUT2D eigenvalue weighted by Gasteiger charge is 2.15. The maximum absolute atomic E-state index is 12.5. The van der Waals surface area contributed by atoms with E-state index < -0.39 is 0 Å². The van der Waals surface area contributed by atoms with E-state index in [0.717, 1.165) is 16.5 Å². The van der Waals surface area contributed by atoms with Gasteiger partial charge in [-0.3, -0.25) is 4.79 Å². The average Bonchev–Trinajstić information content (AvgIpc) is 3.10. The fourth-order valence-corrected chi connectivity index (χ4v) is 4.31. The summed E-state index contributed by atoms with van der Waals surface area (Å²) in [7, 11) is 1.85. The van der Waals surface area contributed by atoms with Crippen LogP contribution in [0.1, 0.15) is 16.2 Å². The Labute approximate surface area is 188 Å². The number of ketones is 1. The number of benzene rings is 3. The molecule has 0 saturated heterocycles. The van der Waals surface area contributed by atoms with Gasteiger partial charge in [-0.05, 0) is 29.7 Å². The van der Waals surface area contributed by atoms with Gasteiger partial charge >= 0.3 is 0 Å². The lowest BCUT2D eigenvalue weighted by Gasteiger charge is -2.09. The van der Waals surface area contributed by atoms with Crippen molar-refractivity contribution in [1.29, 1.82) is 0 Å². The third kappa shape index (κ3) is 4.46. The molecule has 0 spiro atoms. The van der Waals surface area contributed by atoms with Crippen LogP contribution in [0.3, 0.4) is 0 Å². The van der Waals surface area contributed by atoms with Crippen molar-refractivity contribution in [2.45, 2.75) is 11.8 Å². The van der Waals surface area contributed by atoms with E-state index in [1.54, 1.807) is 18.2 Å². The molecule has 4 rings (SSSR count). The molecule has 0 aliphatic rings. The van der Waals surface area contributed by atoms with Gasteiger partial charge in [0.2, 0.25) is 0 Å². The number of aromatic nitrogens is 3. The number of halogens is 2. The normalized spacial score (nSPS) is 11.0. The molecular weight excluding hydrogens is 441 g/mol. The minimum absolute atomic E-state index is 0.0989. The molecule has 0 aliphatic heterocycles. The zero-order valence-electron chi connectivity index (χ0n) is 16.0. The van der Waals surface area contributed by atoms with Crippen molar-refractivity contribution in [3.05, 3.63) is 82.1 Å². The summed E-state index contributed by atoms with van der Waals surface area (Å²) in [4.78, 5) is 12.5. The number of fused-ring (bicyclic) bond motifs is 1. The number of hydrogen-bond acceptors (Lipinski definition) is 5. The Kier molecular flexibility index (Phi) is 6.27. The van der Waals surface area contributed by atoms with Gasteiger partial charge in [-0.15, -0.1) is 10.2 Å². The van der Waals surface area contributed by atoms with Crippen LogP contribution in [-0.2, 0) is 13.7 Å². The van der Waals surface area contributed by atoms with Crippen LogP contribution in [-0.4, -0.2) is 26.3 Å². The van der Waals surface area contributed by atoms with E-state index in [-0.39, 0.29) is 18.1 Å². The van der Waals surface area contributed by atoms with Crippen molar-refractivity contribution in [3.63, 3.8) is 0 Å². The average molecular weight is 458 g/mol. The molecule has 0 bridgehead atoms. The SMILES string of the molecule is Cn1c(COc2cccc3ccccc23)nnc1SCC(=O)c1ccc(Cl)cc1Cl. The van der Waals surface area contributed by atoms with Crippen LogP contribution in [0.4, 0.5) is 0 Å². The highest BCUT2D eigenvalue weighted by atomic mass is 35.5. The van der Waals surface area contributed by atoms with E-state index in [1.807, 2.05) is 54.1 Å². The molecule has 3 aromatic carbocycles. The van der Waals surface area contributed by atoms with Gasteiger partial charge < -0.3 is 9.30 Å². The van der Waals surface area contributed by atoms with Gasteiger partial charge in [0.05, 0.1) is 10.8 Å². The monoisotopic (exact) mass is 457 g/mol. The van der Waals surface area contributed by atoms with Crippen molar-refractivity contribution >= 4 is 51.5 Å². The Morgan fingerprint density at radius 2 is 1.87 bits per heavy atom. The molecule has 0 atom stereocenters. The number of hydrogen-bond donors (Lipinski definition) is 0. The highest BCUT2D eigenvalue weighted by molar-refractivity contribution is 7.99. The van der Waals surface area contributed by atoms with Crippen LogP contribution in [0.5, 0.6) is 5.75 Å². The molecule has 0 aliphatic carbocycles. The summed E-state index contributed by atoms with van der Waals surface area (Å²) in [6.07, 6.45) is 0.